The molecular formula is C82H160O17P2. The molecule has 0 aliphatic rings. The fourth-order valence-electron chi connectivity index (χ4n) is 12.7. The number of aliphatic hydroxyl groups excluding tert-OH is 1. The van der Waals surface area contributed by atoms with Crippen LogP contribution in [0.1, 0.15) is 433 Å². The number of hydrogen-bond acceptors (Lipinski definition) is 15. The number of phosphoric ester groups is 2. The van der Waals surface area contributed by atoms with Crippen molar-refractivity contribution in [3.8, 4) is 0 Å². The summed E-state index contributed by atoms with van der Waals surface area (Å²) in [5.74, 6) is -0.688. The van der Waals surface area contributed by atoms with Gasteiger partial charge in [-0.05, 0) is 37.5 Å². The molecule has 0 amide bonds. The molecule has 3 unspecified atom stereocenters. The van der Waals surface area contributed by atoms with Crippen molar-refractivity contribution in [1.82, 2.24) is 0 Å². The number of ether oxygens (including phenoxy) is 4. The van der Waals surface area contributed by atoms with E-state index in [1.54, 1.807) is 0 Å². The topological polar surface area (TPSA) is 237 Å². The molecule has 0 saturated carbocycles. The Morgan fingerprint density at radius 2 is 0.505 bits per heavy atom. The summed E-state index contributed by atoms with van der Waals surface area (Å²) in [7, 11) is -9.92. The molecule has 3 N–H and O–H groups in total. The van der Waals surface area contributed by atoms with Gasteiger partial charge in [0.25, 0.3) is 0 Å². The first-order valence-corrected chi connectivity index (χ1v) is 45.5. The van der Waals surface area contributed by atoms with Crippen LogP contribution in [-0.4, -0.2) is 96.7 Å². The minimum absolute atomic E-state index is 0.103. The summed E-state index contributed by atoms with van der Waals surface area (Å²) in [6.45, 7) is 9.52. The highest BCUT2D eigenvalue weighted by atomic mass is 31.2. The van der Waals surface area contributed by atoms with Crippen molar-refractivity contribution < 1.29 is 80.2 Å². The first-order valence-electron chi connectivity index (χ1n) is 42.5. The van der Waals surface area contributed by atoms with E-state index in [4.69, 9.17) is 37.0 Å². The van der Waals surface area contributed by atoms with Gasteiger partial charge in [0.05, 0.1) is 26.4 Å². The molecule has 101 heavy (non-hydrogen) atoms. The van der Waals surface area contributed by atoms with Crippen LogP contribution < -0.4 is 0 Å². The first kappa shape index (κ1) is 99.1. The van der Waals surface area contributed by atoms with Crippen LogP contribution in [0, 0.1) is 11.8 Å². The SMILES string of the molecule is CCCCCCCCCCCCCCCCCCCCCCCCC(=O)O[C@H](COC(=O)CCCCCCCCCCCCCCCCCCCCC)COP(=O)(O)OC[C@@H](O)COP(=O)(O)OC[C@@H](COC(=O)CCCCCCCCC(C)CC)OC(=O)CCCCCCCCCC(C)C. The zero-order valence-electron chi connectivity index (χ0n) is 66.2. The average molecular weight is 1480 g/mol. The van der Waals surface area contributed by atoms with E-state index in [1.165, 1.54) is 244 Å². The van der Waals surface area contributed by atoms with Crippen LogP contribution in [0.4, 0.5) is 0 Å². The largest absolute Gasteiger partial charge is 0.472 e. The number of carbonyl (C=O) groups is 4. The van der Waals surface area contributed by atoms with E-state index < -0.39 is 97.5 Å². The summed E-state index contributed by atoms with van der Waals surface area (Å²) in [5, 5.41) is 10.6. The number of esters is 4. The standard InChI is InChI=1S/C82H160O17P2/c1-7-10-12-14-16-18-20-22-24-26-28-29-30-32-34-36-38-40-42-46-54-60-66-81(86)98-77(70-92-79(84)64-58-52-45-41-39-37-35-33-31-27-25-23-21-19-17-15-13-11-8-2)72-96-100(88,89)94-68-76(83)69-95-101(90,91)97-73-78(99-82(87)67-61-55-47-43-44-50-56-62-74(4)5)71-93-80(85)65-59-53-49-48-51-57-63-75(6)9-3/h74-78,83H,7-73H2,1-6H3,(H,88,89)(H,90,91)/t75?,76-,77-,78-/m1/s1. The molecule has 17 nitrogen and oxygen atoms in total. The molecule has 19 heteroatoms. The van der Waals surface area contributed by atoms with Crippen molar-refractivity contribution in [2.24, 2.45) is 11.8 Å². The number of carbonyl (C=O) groups excluding carboxylic acids is 4. The van der Waals surface area contributed by atoms with Gasteiger partial charge in [-0.2, -0.15) is 0 Å². The predicted molar refractivity (Wildman–Crippen MR) is 414 cm³/mol. The van der Waals surface area contributed by atoms with Crippen LogP contribution in [0.3, 0.4) is 0 Å². The monoisotopic (exact) mass is 1480 g/mol. The molecule has 0 spiro atoms. The lowest BCUT2D eigenvalue weighted by Crippen LogP contribution is -2.30. The highest BCUT2D eigenvalue weighted by Crippen LogP contribution is 2.45. The molecular weight excluding hydrogens is 1320 g/mol. The Hall–Kier alpha value is -1.94. The van der Waals surface area contributed by atoms with Crippen molar-refractivity contribution in [1.29, 1.82) is 0 Å². The molecule has 0 bridgehead atoms. The Labute approximate surface area is 619 Å². The Morgan fingerprint density at radius 3 is 0.752 bits per heavy atom. The summed E-state index contributed by atoms with van der Waals surface area (Å²) < 4.78 is 68.7. The van der Waals surface area contributed by atoms with Crippen LogP contribution in [0.15, 0.2) is 0 Å². The fourth-order valence-corrected chi connectivity index (χ4v) is 14.3. The van der Waals surface area contributed by atoms with Gasteiger partial charge in [-0.25, -0.2) is 9.13 Å². The lowest BCUT2D eigenvalue weighted by atomic mass is 10.00. The summed E-state index contributed by atoms with van der Waals surface area (Å²) >= 11 is 0. The second-order valence-corrected chi connectivity index (χ2v) is 33.1. The van der Waals surface area contributed by atoms with Gasteiger partial charge in [0.1, 0.15) is 19.3 Å². The maximum Gasteiger partial charge on any atom is 0.472 e. The van der Waals surface area contributed by atoms with Gasteiger partial charge in [-0.15, -0.1) is 0 Å². The third-order valence-electron chi connectivity index (χ3n) is 19.6. The highest BCUT2D eigenvalue weighted by molar-refractivity contribution is 7.47. The lowest BCUT2D eigenvalue weighted by Gasteiger charge is -2.21. The molecule has 6 atom stereocenters. The molecule has 0 radical (unpaired) electrons. The minimum Gasteiger partial charge on any atom is -0.462 e. The molecule has 0 saturated heterocycles. The average Bonchev–Trinajstić information content (AvgIpc) is 0.954. The van der Waals surface area contributed by atoms with Crippen LogP contribution in [0.5, 0.6) is 0 Å². The van der Waals surface area contributed by atoms with Gasteiger partial charge in [0, 0.05) is 25.7 Å². The van der Waals surface area contributed by atoms with Crippen LogP contribution in [-0.2, 0) is 65.4 Å². The Morgan fingerprint density at radius 1 is 0.287 bits per heavy atom. The fraction of sp³-hybridized carbons (Fsp3) is 0.951. The molecule has 600 valence electrons. The normalized spacial score (nSPS) is 14.2. The second kappa shape index (κ2) is 73.6. The molecule has 0 aliphatic carbocycles. The second-order valence-electron chi connectivity index (χ2n) is 30.2. The molecule has 0 fully saturated rings. The van der Waals surface area contributed by atoms with E-state index in [1.807, 2.05) is 0 Å². The van der Waals surface area contributed by atoms with E-state index in [-0.39, 0.29) is 25.7 Å². The maximum atomic E-state index is 13.1. The van der Waals surface area contributed by atoms with Gasteiger partial charge >= 0.3 is 39.5 Å². The quantitative estimate of drug-likeness (QED) is 0.0222. The Bertz CT molecular complexity index is 1940. The molecule has 0 heterocycles. The van der Waals surface area contributed by atoms with Crippen molar-refractivity contribution >= 4 is 39.5 Å². The van der Waals surface area contributed by atoms with E-state index in [9.17, 15) is 43.2 Å². The third-order valence-corrected chi connectivity index (χ3v) is 21.5. The summed E-state index contributed by atoms with van der Waals surface area (Å²) in [5.41, 5.74) is 0. The van der Waals surface area contributed by atoms with Gasteiger partial charge < -0.3 is 33.8 Å². The van der Waals surface area contributed by atoms with Crippen LogP contribution in [0.25, 0.3) is 0 Å². The van der Waals surface area contributed by atoms with Crippen molar-refractivity contribution in [3.05, 3.63) is 0 Å². The Balaban J connectivity index is 5.18. The summed E-state index contributed by atoms with van der Waals surface area (Å²) in [4.78, 5) is 72.9. The van der Waals surface area contributed by atoms with E-state index in [2.05, 4.69) is 41.5 Å². The smallest absolute Gasteiger partial charge is 0.462 e. The summed E-state index contributed by atoms with van der Waals surface area (Å²) in [6, 6.07) is 0. The van der Waals surface area contributed by atoms with Crippen LogP contribution >= 0.6 is 15.6 Å². The third kappa shape index (κ3) is 74.7. The molecule has 0 aromatic carbocycles. The van der Waals surface area contributed by atoms with Crippen molar-refractivity contribution in [2.75, 3.05) is 39.6 Å². The number of phosphoric acid groups is 2. The zero-order valence-corrected chi connectivity index (χ0v) is 68.0. The number of unbranched alkanes of at least 4 members (excludes halogenated alkanes) is 50. The summed E-state index contributed by atoms with van der Waals surface area (Å²) in [6.07, 6.45) is 64.3. The maximum absolute atomic E-state index is 13.1. The highest BCUT2D eigenvalue weighted by Gasteiger charge is 2.30. The number of aliphatic hydroxyl groups is 1. The van der Waals surface area contributed by atoms with Crippen molar-refractivity contribution in [3.63, 3.8) is 0 Å². The zero-order chi connectivity index (χ0) is 74.2. The van der Waals surface area contributed by atoms with Gasteiger partial charge in [-0.3, -0.25) is 37.3 Å². The lowest BCUT2D eigenvalue weighted by molar-refractivity contribution is -0.161. The molecule has 0 aromatic heterocycles. The number of hydrogen-bond donors (Lipinski definition) is 3. The van der Waals surface area contributed by atoms with E-state index in [0.717, 1.165) is 102 Å². The molecule has 0 rings (SSSR count). The van der Waals surface area contributed by atoms with Gasteiger partial charge in [0.2, 0.25) is 0 Å². The van der Waals surface area contributed by atoms with Crippen LogP contribution in [0.2, 0.25) is 0 Å². The number of rotatable bonds is 81. The van der Waals surface area contributed by atoms with E-state index >= 15 is 0 Å². The first-order chi connectivity index (χ1) is 48.9. The minimum atomic E-state index is -4.96. The molecule has 0 aromatic rings. The Kier molecular flexibility index (Phi) is 72.2. The van der Waals surface area contributed by atoms with E-state index in [0.29, 0.717) is 31.6 Å². The van der Waals surface area contributed by atoms with Crippen molar-refractivity contribution in [2.45, 2.75) is 452 Å². The molecule has 0 aliphatic heterocycles. The van der Waals surface area contributed by atoms with Gasteiger partial charge in [0.15, 0.2) is 12.2 Å². The van der Waals surface area contributed by atoms with Gasteiger partial charge in [-0.1, -0.05) is 382 Å². The predicted octanol–water partition coefficient (Wildman–Crippen LogP) is 24.7.